The zero-order valence-electron chi connectivity index (χ0n) is 16.9. The second-order valence-corrected chi connectivity index (χ2v) is 10.7. The Labute approximate surface area is 168 Å². The number of hydrogen-bond acceptors (Lipinski definition) is 3. The predicted octanol–water partition coefficient (Wildman–Crippen LogP) is 3.29. The highest BCUT2D eigenvalue weighted by Crippen LogP contribution is 2.49. The monoisotopic (exact) mass is 405 g/mol. The highest BCUT2D eigenvalue weighted by molar-refractivity contribution is 7.89. The molecule has 154 valence electrons. The number of nitrogens with zero attached hydrogens (tertiary/aromatic N) is 2. The average Bonchev–Trinajstić information content (AvgIpc) is 3.35. The quantitative estimate of drug-likeness (QED) is 0.836. The molecular weight excluding hydrogens is 374 g/mol. The number of rotatable bonds is 4. The summed E-state index contributed by atoms with van der Waals surface area (Å²) in [7, 11) is -3.53. The van der Waals surface area contributed by atoms with E-state index in [9.17, 15) is 13.2 Å². The summed E-state index contributed by atoms with van der Waals surface area (Å²) < 4.78 is 28.3. The van der Waals surface area contributed by atoms with Gasteiger partial charge in [-0.05, 0) is 43.2 Å². The summed E-state index contributed by atoms with van der Waals surface area (Å²) >= 11 is 0. The number of benzene rings is 1. The molecule has 2 fully saturated rings. The largest absolute Gasteiger partial charge is 0.335 e. The highest BCUT2D eigenvalue weighted by Gasteiger charge is 2.57. The van der Waals surface area contributed by atoms with Gasteiger partial charge in [-0.25, -0.2) is 13.2 Å². The molecule has 0 radical (unpaired) electrons. The number of hydrogen-bond donors (Lipinski definition) is 1. The van der Waals surface area contributed by atoms with E-state index in [-0.39, 0.29) is 12.1 Å². The van der Waals surface area contributed by atoms with Crippen LogP contribution < -0.4 is 5.32 Å². The molecule has 1 aromatic rings. The Bertz CT molecular complexity index is 848. The van der Waals surface area contributed by atoms with E-state index >= 15 is 0 Å². The van der Waals surface area contributed by atoms with E-state index in [1.165, 1.54) is 12.8 Å². The fourth-order valence-corrected chi connectivity index (χ4v) is 7.07. The van der Waals surface area contributed by atoms with Crippen LogP contribution in [0.2, 0.25) is 0 Å². The van der Waals surface area contributed by atoms with Crippen molar-refractivity contribution in [3.63, 3.8) is 0 Å². The molecule has 6 nitrogen and oxygen atoms in total. The number of fused-ring (bicyclic) bond motifs is 2. The molecule has 0 unspecified atom stereocenters. The third-order valence-electron chi connectivity index (χ3n) is 6.56. The Balaban J connectivity index is 1.62. The van der Waals surface area contributed by atoms with Gasteiger partial charge < -0.3 is 10.2 Å². The van der Waals surface area contributed by atoms with Gasteiger partial charge in [0, 0.05) is 25.7 Å². The maximum absolute atomic E-state index is 13.3. The molecule has 1 N–H and O–H groups in total. The molecule has 7 heteroatoms. The number of nitrogens with one attached hydrogen (secondary N) is 1. The lowest BCUT2D eigenvalue weighted by atomic mass is 9.88. The normalized spacial score (nSPS) is 27.0. The third kappa shape index (κ3) is 3.22. The van der Waals surface area contributed by atoms with Crippen LogP contribution in [0.15, 0.2) is 29.2 Å². The van der Waals surface area contributed by atoms with Gasteiger partial charge in [0.2, 0.25) is 10.0 Å². The molecule has 1 saturated carbocycles. The number of carbonyl (C=O) groups excluding carboxylic acids is 1. The van der Waals surface area contributed by atoms with Gasteiger partial charge in [-0.3, -0.25) is 0 Å². The van der Waals surface area contributed by atoms with E-state index in [2.05, 4.69) is 19.2 Å². The number of likely N-dealkylation sites (tertiary alicyclic amines) is 1. The van der Waals surface area contributed by atoms with Crippen molar-refractivity contribution >= 4 is 16.1 Å². The minimum atomic E-state index is -3.53. The van der Waals surface area contributed by atoms with E-state index in [1.54, 1.807) is 16.4 Å². The molecule has 0 aromatic heterocycles. The number of amides is 2. The Morgan fingerprint density at radius 2 is 1.96 bits per heavy atom. The molecule has 1 saturated heterocycles. The summed E-state index contributed by atoms with van der Waals surface area (Å²) in [6.07, 6.45) is 5.89. The topological polar surface area (TPSA) is 69.7 Å². The lowest BCUT2D eigenvalue weighted by Crippen LogP contribution is -2.49. The maximum atomic E-state index is 13.3. The second-order valence-electron chi connectivity index (χ2n) is 8.89. The molecule has 28 heavy (non-hydrogen) atoms. The Hall–Kier alpha value is -1.60. The van der Waals surface area contributed by atoms with E-state index in [1.807, 2.05) is 17.0 Å². The first kappa shape index (κ1) is 19.7. The van der Waals surface area contributed by atoms with Gasteiger partial charge in [0.25, 0.3) is 0 Å². The van der Waals surface area contributed by atoms with Gasteiger partial charge in [-0.15, -0.1) is 0 Å². The Morgan fingerprint density at radius 1 is 1.25 bits per heavy atom. The van der Waals surface area contributed by atoms with Crippen molar-refractivity contribution < 1.29 is 13.2 Å². The fraction of sp³-hybridized carbons (Fsp3) is 0.667. The minimum absolute atomic E-state index is 0.0469. The summed E-state index contributed by atoms with van der Waals surface area (Å²) in [5.41, 5.74) is 0.229. The Kier molecular flexibility index (Phi) is 5.16. The van der Waals surface area contributed by atoms with Crippen LogP contribution in [-0.2, 0) is 15.6 Å². The molecule has 2 aliphatic heterocycles. The van der Waals surface area contributed by atoms with E-state index < -0.39 is 15.6 Å². The second kappa shape index (κ2) is 7.34. The van der Waals surface area contributed by atoms with Gasteiger partial charge >= 0.3 is 6.03 Å². The van der Waals surface area contributed by atoms with Crippen LogP contribution in [0.25, 0.3) is 0 Å². The number of carbonyl (C=O) groups is 1. The van der Waals surface area contributed by atoms with Crippen molar-refractivity contribution in [1.29, 1.82) is 0 Å². The summed E-state index contributed by atoms with van der Waals surface area (Å²) in [5.74, 6) is 0.416. The van der Waals surface area contributed by atoms with Crippen LogP contribution in [0, 0.1) is 5.92 Å². The zero-order valence-corrected chi connectivity index (χ0v) is 17.7. The molecule has 2 heterocycles. The lowest BCUT2D eigenvalue weighted by molar-refractivity contribution is 0.176. The van der Waals surface area contributed by atoms with Gasteiger partial charge in [-0.2, -0.15) is 4.31 Å². The van der Waals surface area contributed by atoms with Crippen molar-refractivity contribution in [2.45, 2.75) is 68.8 Å². The maximum Gasteiger partial charge on any atom is 0.317 e. The van der Waals surface area contributed by atoms with E-state index in [0.29, 0.717) is 36.9 Å². The van der Waals surface area contributed by atoms with Crippen LogP contribution >= 0.6 is 0 Å². The first-order valence-corrected chi connectivity index (χ1v) is 12.0. The molecule has 1 aliphatic carbocycles. The SMILES string of the molecule is CC(C)CCN1[C@@]2(CCN(C(=O)NC3CCCC3)C2)c2ccccc2S1(=O)=O. The van der Waals surface area contributed by atoms with Gasteiger partial charge in [0.15, 0.2) is 0 Å². The van der Waals surface area contributed by atoms with E-state index in [4.69, 9.17) is 0 Å². The molecular formula is C21H31N3O3S. The molecule has 3 aliphatic rings. The van der Waals surface area contributed by atoms with Crippen molar-refractivity contribution in [3.8, 4) is 0 Å². The van der Waals surface area contributed by atoms with Crippen LogP contribution in [0.5, 0.6) is 0 Å². The number of sulfonamides is 1. The molecule has 0 bridgehead atoms. The van der Waals surface area contributed by atoms with Crippen LogP contribution in [-0.4, -0.2) is 49.3 Å². The zero-order chi connectivity index (χ0) is 19.9. The van der Waals surface area contributed by atoms with Crippen LogP contribution in [0.3, 0.4) is 0 Å². The summed E-state index contributed by atoms with van der Waals surface area (Å²) in [4.78, 5) is 15.1. The highest BCUT2D eigenvalue weighted by atomic mass is 32.2. The van der Waals surface area contributed by atoms with Crippen molar-refractivity contribution in [3.05, 3.63) is 29.8 Å². The first-order valence-electron chi connectivity index (χ1n) is 10.5. The molecule has 1 aromatic carbocycles. The van der Waals surface area contributed by atoms with Crippen LogP contribution in [0.1, 0.15) is 57.9 Å². The molecule has 4 rings (SSSR count). The average molecular weight is 406 g/mol. The number of urea groups is 1. The first-order chi connectivity index (χ1) is 13.3. The smallest absolute Gasteiger partial charge is 0.317 e. The van der Waals surface area contributed by atoms with Gasteiger partial charge in [-0.1, -0.05) is 44.9 Å². The third-order valence-corrected chi connectivity index (χ3v) is 8.59. The fourth-order valence-electron chi connectivity index (χ4n) is 5.00. The van der Waals surface area contributed by atoms with E-state index in [0.717, 1.165) is 24.8 Å². The van der Waals surface area contributed by atoms with Crippen molar-refractivity contribution in [2.24, 2.45) is 5.92 Å². The summed E-state index contributed by atoms with van der Waals surface area (Å²) in [6.45, 7) is 5.73. The summed E-state index contributed by atoms with van der Waals surface area (Å²) in [6, 6.07) is 7.55. The molecule has 2 amide bonds. The standard InChI is InChI=1S/C21H31N3O3S/c1-16(2)11-13-24-21(18-9-5-6-10-19(18)28(24,26)27)12-14-23(15-21)20(25)22-17-7-3-4-8-17/h5-6,9-10,16-17H,3-4,7-8,11-15H2,1-2H3,(H,22,25)/t21-/m1/s1. The van der Waals surface area contributed by atoms with Crippen LogP contribution in [0.4, 0.5) is 4.79 Å². The Morgan fingerprint density at radius 3 is 2.68 bits per heavy atom. The van der Waals surface area contributed by atoms with Crippen molar-refractivity contribution in [2.75, 3.05) is 19.6 Å². The summed E-state index contributed by atoms with van der Waals surface area (Å²) in [5, 5.41) is 3.16. The lowest BCUT2D eigenvalue weighted by Gasteiger charge is -2.34. The molecule has 1 spiro atoms. The molecule has 1 atom stereocenters. The predicted molar refractivity (Wildman–Crippen MR) is 108 cm³/mol. The van der Waals surface area contributed by atoms with Gasteiger partial charge in [0.05, 0.1) is 10.4 Å². The minimum Gasteiger partial charge on any atom is -0.335 e. The van der Waals surface area contributed by atoms with Gasteiger partial charge in [0.1, 0.15) is 0 Å². The van der Waals surface area contributed by atoms with Crippen molar-refractivity contribution in [1.82, 2.24) is 14.5 Å².